The van der Waals surface area contributed by atoms with E-state index in [-0.39, 0.29) is 0 Å². The molecular weight excluding hydrogens is 186 g/mol. The van der Waals surface area contributed by atoms with Gasteiger partial charge in [0.1, 0.15) is 5.75 Å². The van der Waals surface area contributed by atoms with Crippen LogP contribution in [0.1, 0.15) is 25.3 Å². The number of ether oxygens (including phenoxy) is 1. The van der Waals surface area contributed by atoms with Gasteiger partial charge in [-0.15, -0.1) is 0 Å². The highest BCUT2D eigenvalue weighted by Crippen LogP contribution is 2.50. The Morgan fingerprint density at radius 1 is 1.47 bits per heavy atom. The molecule has 0 bridgehead atoms. The van der Waals surface area contributed by atoms with E-state index in [0.717, 1.165) is 12.2 Å². The molecule has 2 N–H and O–H groups in total. The second-order valence-electron chi connectivity index (χ2n) is 4.68. The molecule has 2 heteroatoms. The van der Waals surface area contributed by atoms with Gasteiger partial charge in [0.05, 0.1) is 7.11 Å². The van der Waals surface area contributed by atoms with Gasteiger partial charge in [-0.25, -0.2) is 0 Å². The molecule has 1 aliphatic carbocycles. The monoisotopic (exact) mass is 205 g/mol. The summed E-state index contributed by atoms with van der Waals surface area (Å²) in [5.74, 6) is 0.938. The third-order valence-electron chi connectivity index (χ3n) is 3.55. The molecule has 0 heterocycles. The summed E-state index contributed by atoms with van der Waals surface area (Å²) in [5, 5.41) is 0. The first-order valence-electron chi connectivity index (χ1n) is 5.55. The Kier molecular flexibility index (Phi) is 2.70. The average molecular weight is 205 g/mol. The summed E-state index contributed by atoms with van der Waals surface area (Å²) in [6.45, 7) is 2.12. The molecule has 2 nitrogen and oxygen atoms in total. The quantitative estimate of drug-likeness (QED) is 0.819. The molecule has 0 aliphatic heterocycles. The van der Waals surface area contributed by atoms with Crippen LogP contribution in [0.15, 0.2) is 24.3 Å². The van der Waals surface area contributed by atoms with Crippen LogP contribution in [0, 0.1) is 5.41 Å². The van der Waals surface area contributed by atoms with Gasteiger partial charge in [-0.3, -0.25) is 0 Å². The lowest BCUT2D eigenvalue weighted by molar-refractivity contribution is 0.406. The second kappa shape index (κ2) is 3.86. The maximum absolute atomic E-state index is 6.02. The van der Waals surface area contributed by atoms with Gasteiger partial charge in [-0.1, -0.05) is 12.1 Å². The van der Waals surface area contributed by atoms with E-state index in [1.54, 1.807) is 7.11 Å². The van der Waals surface area contributed by atoms with Crippen molar-refractivity contribution in [1.82, 2.24) is 0 Å². The van der Waals surface area contributed by atoms with Gasteiger partial charge in [0.2, 0.25) is 0 Å². The van der Waals surface area contributed by atoms with Crippen molar-refractivity contribution in [1.29, 1.82) is 0 Å². The van der Waals surface area contributed by atoms with Crippen molar-refractivity contribution in [3.8, 4) is 5.75 Å². The molecule has 2 rings (SSSR count). The number of nitrogens with two attached hydrogens (primary N) is 1. The third kappa shape index (κ3) is 2.15. The normalized spacial score (nSPS) is 19.7. The Morgan fingerprint density at radius 2 is 2.20 bits per heavy atom. The number of benzene rings is 1. The van der Waals surface area contributed by atoms with Crippen molar-refractivity contribution in [2.75, 3.05) is 7.11 Å². The fourth-order valence-corrected chi connectivity index (χ4v) is 2.14. The van der Waals surface area contributed by atoms with Crippen LogP contribution in [-0.2, 0) is 6.42 Å². The largest absolute Gasteiger partial charge is 0.497 e. The predicted molar refractivity (Wildman–Crippen MR) is 62.0 cm³/mol. The van der Waals surface area contributed by atoms with Crippen molar-refractivity contribution in [3.05, 3.63) is 29.8 Å². The third-order valence-corrected chi connectivity index (χ3v) is 3.55. The van der Waals surface area contributed by atoms with Crippen molar-refractivity contribution < 1.29 is 4.74 Å². The first kappa shape index (κ1) is 10.5. The fraction of sp³-hybridized carbons (Fsp3) is 0.538. The molecular formula is C13H19NO. The highest BCUT2D eigenvalue weighted by atomic mass is 16.5. The Labute approximate surface area is 91.4 Å². The highest BCUT2D eigenvalue weighted by Gasteiger charge is 2.45. The zero-order valence-electron chi connectivity index (χ0n) is 9.49. The smallest absolute Gasteiger partial charge is 0.119 e. The Balaban J connectivity index is 2.11. The Hall–Kier alpha value is -1.02. The SMILES string of the molecule is COc1cccc(CC2(C(C)N)CC2)c1. The zero-order chi connectivity index (χ0) is 10.9. The molecule has 1 saturated carbocycles. The van der Waals surface area contributed by atoms with Crippen LogP contribution >= 0.6 is 0 Å². The molecule has 0 spiro atoms. The first-order chi connectivity index (χ1) is 7.16. The van der Waals surface area contributed by atoms with Crippen LogP contribution in [0.25, 0.3) is 0 Å². The first-order valence-corrected chi connectivity index (χ1v) is 5.55. The lowest BCUT2D eigenvalue weighted by Crippen LogP contribution is -2.29. The molecule has 1 aliphatic rings. The minimum atomic E-state index is 0.295. The minimum Gasteiger partial charge on any atom is -0.497 e. The van der Waals surface area contributed by atoms with Crippen LogP contribution in [0.5, 0.6) is 5.75 Å². The molecule has 0 saturated heterocycles. The van der Waals surface area contributed by atoms with E-state index in [0.29, 0.717) is 11.5 Å². The maximum Gasteiger partial charge on any atom is 0.119 e. The topological polar surface area (TPSA) is 35.2 Å². The van der Waals surface area contributed by atoms with Crippen molar-refractivity contribution >= 4 is 0 Å². The maximum atomic E-state index is 6.02. The van der Waals surface area contributed by atoms with Crippen LogP contribution in [-0.4, -0.2) is 13.2 Å². The van der Waals surface area contributed by atoms with Gasteiger partial charge in [0, 0.05) is 6.04 Å². The zero-order valence-corrected chi connectivity index (χ0v) is 9.49. The van der Waals surface area contributed by atoms with Gasteiger partial charge < -0.3 is 10.5 Å². The van der Waals surface area contributed by atoms with Crippen LogP contribution in [0.3, 0.4) is 0 Å². The number of rotatable bonds is 4. The van der Waals surface area contributed by atoms with E-state index in [4.69, 9.17) is 10.5 Å². The minimum absolute atomic E-state index is 0.295. The lowest BCUT2D eigenvalue weighted by Gasteiger charge is -2.19. The lowest BCUT2D eigenvalue weighted by atomic mass is 9.90. The van der Waals surface area contributed by atoms with Crippen LogP contribution in [0.4, 0.5) is 0 Å². The predicted octanol–water partition coefficient (Wildman–Crippen LogP) is 2.37. The van der Waals surface area contributed by atoms with Gasteiger partial charge in [-0.05, 0) is 49.3 Å². The molecule has 82 valence electrons. The Bertz CT molecular complexity index is 342. The van der Waals surface area contributed by atoms with E-state index in [1.807, 2.05) is 12.1 Å². The van der Waals surface area contributed by atoms with Crippen LogP contribution in [0.2, 0.25) is 0 Å². The summed E-state index contributed by atoms with van der Waals surface area (Å²) < 4.78 is 5.22. The van der Waals surface area contributed by atoms with Gasteiger partial charge in [-0.2, -0.15) is 0 Å². The highest BCUT2D eigenvalue weighted by molar-refractivity contribution is 5.30. The molecule has 1 aromatic rings. The molecule has 1 unspecified atom stereocenters. The molecule has 1 atom stereocenters. The summed E-state index contributed by atoms with van der Waals surface area (Å²) in [5.41, 5.74) is 7.72. The van der Waals surface area contributed by atoms with E-state index in [9.17, 15) is 0 Å². The summed E-state index contributed by atoms with van der Waals surface area (Å²) in [6.07, 6.45) is 3.62. The summed E-state index contributed by atoms with van der Waals surface area (Å²) >= 11 is 0. The summed E-state index contributed by atoms with van der Waals surface area (Å²) in [6, 6.07) is 8.59. The molecule has 0 radical (unpaired) electrons. The van der Waals surface area contributed by atoms with E-state index in [1.165, 1.54) is 18.4 Å². The van der Waals surface area contributed by atoms with Gasteiger partial charge in [0.25, 0.3) is 0 Å². The average Bonchev–Trinajstić information content (AvgIpc) is 2.99. The van der Waals surface area contributed by atoms with E-state index >= 15 is 0 Å². The number of methoxy groups -OCH3 is 1. The second-order valence-corrected chi connectivity index (χ2v) is 4.68. The van der Waals surface area contributed by atoms with Crippen molar-refractivity contribution in [2.24, 2.45) is 11.1 Å². The Morgan fingerprint density at radius 3 is 2.73 bits per heavy atom. The number of hydrogen-bond donors (Lipinski definition) is 1. The number of hydrogen-bond acceptors (Lipinski definition) is 2. The summed E-state index contributed by atoms with van der Waals surface area (Å²) in [7, 11) is 1.71. The van der Waals surface area contributed by atoms with Gasteiger partial charge in [0.15, 0.2) is 0 Å². The molecule has 15 heavy (non-hydrogen) atoms. The molecule has 1 aromatic carbocycles. The van der Waals surface area contributed by atoms with E-state index < -0.39 is 0 Å². The van der Waals surface area contributed by atoms with Crippen molar-refractivity contribution in [3.63, 3.8) is 0 Å². The molecule has 0 amide bonds. The van der Waals surface area contributed by atoms with Crippen molar-refractivity contribution in [2.45, 2.75) is 32.2 Å². The molecule has 0 aromatic heterocycles. The fourth-order valence-electron chi connectivity index (χ4n) is 2.14. The van der Waals surface area contributed by atoms with Gasteiger partial charge >= 0.3 is 0 Å². The molecule has 1 fully saturated rings. The van der Waals surface area contributed by atoms with Crippen LogP contribution < -0.4 is 10.5 Å². The standard InChI is InChI=1S/C13H19NO/c1-10(14)13(6-7-13)9-11-4-3-5-12(8-11)15-2/h3-5,8,10H,6-7,9,14H2,1-2H3. The van der Waals surface area contributed by atoms with E-state index in [2.05, 4.69) is 19.1 Å². The summed E-state index contributed by atoms with van der Waals surface area (Å²) in [4.78, 5) is 0.